The standard InChI is InChI=1S/C37H31N3O6S/c1-24(35(41)39-28-14-18-33-34(22-28)45-21-20-44-33)47-30-16-12-27(13-17-30)38-37(43)31(40-36(42)26-10-6-3-7-11-26)23-29-15-19-32(46-29)25-8-4-2-5-9-25/h2-19,22-24H,20-21H2,1H3,(H,38,43)(H,39,41)(H,40,42)/b31-23+. The van der Waals surface area contributed by atoms with Crippen LogP contribution in [-0.2, 0) is 9.59 Å². The van der Waals surface area contributed by atoms with Gasteiger partial charge in [0.2, 0.25) is 5.91 Å². The number of fused-ring (bicyclic) bond motifs is 1. The number of benzene rings is 4. The van der Waals surface area contributed by atoms with E-state index in [2.05, 4.69) is 16.0 Å². The highest BCUT2D eigenvalue weighted by atomic mass is 32.2. The normalized spacial score (nSPS) is 12.9. The van der Waals surface area contributed by atoms with Crippen LogP contribution >= 0.6 is 11.8 Å². The first-order chi connectivity index (χ1) is 22.9. The molecule has 2 heterocycles. The third-order valence-corrected chi connectivity index (χ3v) is 8.22. The van der Waals surface area contributed by atoms with Crippen molar-refractivity contribution in [1.82, 2.24) is 5.32 Å². The van der Waals surface area contributed by atoms with Crippen LogP contribution < -0.4 is 25.4 Å². The van der Waals surface area contributed by atoms with Gasteiger partial charge in [0.05, 0.1) is 5.25 Å². The maximum atomic E-state index is 13.5. The van der Waals surface area contributed by atoms with Crippen LogP contribution in [0.15, 0.2) is 130 Å². The minimum Gasteiger partial charge on any atom is -0.486 e. The van der Waals surface area contributed by atoms with Crippen LogP contribution in [-0.4, -0.2) is 36.2 Å². The molecule has 1 aliphatic rings. The zero-order valence-electron chi connectivity index (χ0n) is 25.4. The Morgan fingerprint density at radius 3 is 2.17 bits per heavy atom. The van der Waals surface area contributed by atoms with E-state index in [1.165, 1.54) is 17.8 Å². The molecule has 0 radical (unpaired) electrons. The second-order valence-electron chi connectivity index (χ2n) is 10.5. The van der Waals surface area contributed by atoms with Gasteiger partial charge in [0.15, 0.2) is 11.5 Å². The summed E-state index contributed by atoms with van der Waals surface area (Å²) in [4.78, 5) is 40.2. The third-order valence-electron chi connectivity index (χ3n) is 7.10. The number of amides is 3. The minimum atomic E-state index is -0.528. The number of hydrogen-bond donors (Lipinski definition) is 3. The predicted molar refractivity (Wildman–Crippen MR) is 182 cm³/mol. The highest BCUT2D eigenvalue weighted by Crippen LogP contribution is 2.33. The molecule has 236 valence electrons. The lowest BCUT2D eigenvalue weighted by molar-refractivity contribution is -0.115. The zero-order chi connectivity index (χ0) is 32.6. The Kier molecular flexibility index (Phi) is 9.69. The fourth-order valence-electron chi connectivity index (χ4n) is 4.71. The van der Waals surface area contributed by atoms with Crippen LogP contribution in [0.1, 0.15) is 23.0 Å². The molecule has 4 aromatic carbocycles. The molecule has 47 heavy (non-hydrogen) atoms. The predicted octanol–water partition coefficient (Wildman–Crippen LogP) is 7.25. The van der Waals surface area contributed by atoms with E-state index < -0.39 is 17.1 Å². The lowest BCUT2D eigenvalue weighted by Gasteiger charge is -2.19. The Labute approximate surface area is 276 Å². The number of ether oxygens (including phenoxy) is 2. The molecule has 1 atom stereocenters. The lowest BCUT2D eigenvalue weighted by Crippen LogP contribution is -2.30. The van der Waals surface area contributed by atoms with Crippen molar-refractivity contribution in [3.05, 3.63) is 132 Å². The largest absolute Gasteiger partial charge is 0.486 e. The topological polar surface area (TPSA) is 119 Å². The molecule has 0 saturated heterocycles. The smallest absolute Gasteiger partial charge is 0.272 e. The van der Waals surface area contributed by atoms with Crippen molar-refractivity contribution in [3.8, 4) is 22.8 Å². The summed E-state index contributed by atoms with van der Waals surface area (Å²) in [6, 6.07) is 34.2. The quantitative estimate of drug-likeness (QED) is 0.108. The van der Waals surface area contributed by atoms with E-state index in [9.17, 15) is 14.4 Å². The lowest BCUT2D eigenvalue weighted by atomic mass is 10.2. The number of anilines is 2. The van der Waals surface area contributed by atoms with Crippen molar-refractivity contribution < 1.29 is 28.3 Å². The molecule has 1 aliphatic heterocycles. The van der Waals surface area contributed by atoms with Gasteiger partial charge >= 0.3 is 0 Å². The first kappa shape index (κ1) is 31.3. The summed E-state index contributed by atoms with van der Waals surface area (Å²) in [6.07, 6.45) is 1.49. The first-order valence-electron chi connectivity index (χ1n) is 14.9. The highest BCUT2D eigenvalue weighted by molar-refractivity contribution is 8.00. The van der Waals surface area contributed by atoms with E-state index in [0.29, 0.717) is 53.2 Å². The van der Waals surface area contributed by atoms with Crippen molar-refractivity contribution in [2.75, 3.05) is 23.8 Å². The summed E-state index contributed by atoms with van der Waals surface area (Å²) in [6.45, 7) is 2.78. The maximum Gasteiger partial charge on any atom is 0.272 e. The van der Waals surface area contributed by atoms with Crippen molar-refractivity contribution >= 4 is 46.9 Å². The Morgan fingerprint density at radius 1 is 0.745 bits per heavy atom. The Hall–Kier alpha value is -5.74. The van der Waals surface area contributed by atoms with Gasteiger partial charge < -0.3 is 29.8 Å². The van der Waals surface area contributed by atoms with Gasteiger partial charge in [-0.15, -0.1) is 11.8 Å². The third kappa shape index (κ3) is 8.11. The minimum absolute atomic E-state index is 0.00991. The molecule has 0 aliphatic carbocycles. The van der Waals surface area contributed by atoms with E-state index >= 15 is 0 Å². The summed E-state index contributed by atoms with van der Waals surface area (Å²) in [5.41, 5.74) is 2.44. The molecule has 0 fully saturated rings. The molecule has 1 aromatic heterocycles. The number of thioether (sulfide) groups is 1. The molecule has 0 bridgehead atoms. The molecule has 3 amide bonds. The van der Waals surface area contributed by atoms with Crippen LogP contribution in [0.3, 0.4) is 0 Å². The van der Waals surface area contributed by atoms with Crippen molar-refractivity contribution in [3.63, 3.8) is 0 Å². The summed E-state index contributed by atoms with van der Waals surface area (Å²) >= 11 is 1.38. The summed E-state index contributed by atoms with van der Waals surface area (Å²) < 4.78 is 17.1. The molecule has 0 saturated carbocycles. The van der Waals surface area contributed by atoms with Gasteiger partial charge in [-0.1, -0.05) is 48.5 Å². The Balaban J connectivity index is 1.12. The van der Waals surface area contributed by atoms with Crippen LogP contribution in [0.25, 0.3) is 17.4 Å². The van der Waals surface area contributed by atoms with Crippen LogP contribution in [0.2, 0.25) is 0 Å². The van der Waals surface area contributed by atoms with Gasteiger partial charge in [-0.3, -0.25) is 14.4 Å². The molecule has 0 spiro atoms. The van der Waals surface area contributed by atoms with Crippen LogP contribution in [0.5, 0.6) is 11.5 Å². The summed E-state index contributed by atoms with van der Waals surface area (Å²) in [5, 5.41) is 8.09. The highest BCUT2D eigenvalue weighted by Gasteiger charge is 2.19. The molecular formula is C37H31N3O6S. The average molecular weight is 646 g/mol. The van der Waals surface area contributed by atoms with Crippen LogP contribution in [0, 0.1) is 0 Å². The van der Waals surface area contributed by atoms with Gasteiger partial charge in [-0.25, -0.2) is 0 Å². The van der Waals surface area contributed by atoms with Gasteiger partial charge in [-0.2, -0.15) is 0 Å². The van der Waals surface area contributed by atoms with Crippen molar-refractivity contribution in [2.45, 2.75) is 17.1 Å². The van der Waals surface area contributed by atoms with E-state index in [1.54, 1.807) is 60.7 Å². The van der Waals surface area contributed by atoms with Crippen molar-refractivity contribution in [2.24, 2.45) is 0 Å². The van der Waals surface area contributed by atoms with Gasteiger partial charge in [0.25, 0.3) is 11.8 Å². The Bertz CT molecular complexity index is 1910. The van der Waals surface area contributed by atoms with Crippen molar-refractivity contribution in [1.29, 1.82) is 0 Å². The van der Waals surface area contributed by atoms with Gasteiger partial charge in [0.1, 0.15) is 30.4 Å². The molecular weight excluding hydrogens is 614 g/mol. The summed E-state index contributed by atoms with van der Waals surface area (Å²) in [5.74, 6) is 1.16. The van der Waals surface area contributed by atoms with E-state index in [4.69, 9.17) is 13.9 Å². The number of hydrogen-bond acceptors (Lipinski definition) is 7. The second kappa shape index (κ2) is 14.6. The molecule has 6 rings (SSSR count). The zero-order valence-corrected chi connectivity index (χ0v) is 26.2. The number of carbonyl (C=O) groups excluding carboxylic acids is 3. The molecule has 10 heteroatoms. The number of nitrogens with one attached hydrogen (secondary N) is 3. The fraction of sp³-hybridized carbons (Fsp3) is 0.108. The SMILES string of the molecule is CC(Sc1ccc(NC(=O)/C(=C\c2ccc(-c3ccccc3)o2)NC(=O)c2ccccc2)cc1)C(=O)Nc1ccc2c(c1)OCCO2. The monoisotopic (exact) mass is 645 g/mol. The second-order valence-corrected chi connectivity index (χ2v) is 11.9. The maximum absolute atomic E-state index is 13.5. The Morgan fingerprint density at radius 2 is 1.43 bits per heavy atom. The molecule has 3 N–H and O–H groups in total. The number of carbonyl (C=O) groups is 3. The molecule has 5 aromatic rings. The van der Waals surface area contributed by atoms with E-state index in [-0.39, 0.29) is 11.6 Å². The number of rotatable bonds is 10. The fourth-order valence-corrected chi connectivity index (χ4v) is 5.58. The van der Waals surface area contributed by atoms with Crippen LogP contribution in [0.4, 0.5) is 11.4 Å². The van der Waals surface area contributed by atoms with E-state index in [0.717, 1.165) is 10.5 Å². The van der Waals surface area contributed by atoms with Gasteiger partial charge in [0, 0.05) is 39.5 Å². The molecule has 1 unspecified atom stereocenters. The summed E-state index contributed by atoms with van der Waals surface area (Å²) in [7, 11) is 0. The van der Waals surface area contributed by atoms with E-state index in [1.807, 2.05) is 61.5 Å². The van der Waals surface area contributed by atoms with Gasteiger partial charge in [-0.05, 0) is 67.6 Å². The molecule has 9 nitrogen and oxygen atoms in total. The first-order valence-corrected chi connectivity index (χ1v) is 15.8. The average Bonchev–Trinajstić information content (AvgIpc) is 3.58. The number of furan rings is 1.